The summed E-state index contributed by atoms with van der Waals surface area (Å²) in [6.45, 7) is 7.37. The third-order valence-electron chi connectivity index (χ3n) is 5.63. The molecule has 4 heteroatoms. The molecule has 1 saturated heterocycles. The van der Waals surface area contributed by atoms with Gasteiger partial charge in [0.25, 0.3) is 0 Å². The van der Waals surface area contributed by atoms with Crippen molar-refractivity contribution in [1.29, 1.82) is 0 Å². The average Bonchev–Trinajstić information content (AvgIpc) is 2.98. The Hall–Kier alpha value is -1.55. The molecule has 2 fully saturated rings. The second-order valence-corrected chi connectivity index (χ2v) is 7.49. The van der Waals surface area contributed by atoms with Gasteiger partial charge in [0.05, 0.1) is 6.54 Å². The van der Waals surface area contributed by atoms with Crippen LogP contribution in [0.25, 0.3) is 0 Å². The number of guanidine groups is 1. The van der Waals surface area contributed by atoms with Gasteiger partial charge >= 0.3 is 0 Å². The van der Waals surface area contributed by atoms with Crippen molar-refractivity contribution in [2.24, 2.45) is 10.9 Å². The molecule has 0 amide bonds. The van der Waals surface area contributed by atoms with Gasteiger partial charge < -0.3 is 15.5 Å². The first-order valence-corrected chi connectivity index (χ1v) is 9.48. The van der Waals surface area contributed by atoms with Crippen LogP contribution in [-0.4, -0.2) is 50.6 Å². The molecule has 2 aliphatic rings. The maximum Gasteiger partial charge on any atom is 0.191 e. The van der Waals surface area contributed by atoms with Crippen LogP contribution < -0.4 is 10.6 Å². The van der Waals surface area contributed by atoms with Crippen LogP contribution in [0.3, 0.4) is 0 Å². The van der Waals surface area contributed by atoms with Crippen LogP contribution in [0.15, 0.2) is 35.3 Å². The van der Waals surface area contributed by atoms with Gasteiger partial charge in [0, 0.05) is 25.0 Å². The minimum Gasteiger partial charge on any atom is -0.357 e. The molecule has 132 valence electrons. The van der Waals surface area contributed by atoms with E-state index in [1.165, 1.54) is 44.3 Å². The number of hydrogen-bond acceptors (Lipinski definition) is 2. The zero-order valence-electron chi connectivity index (χ0n) is 15.2. The van der Waals surface area contributed by atoms with E-state index in [1.54, 1.807) is 0 Å². The van der Waals surface area contributed by atoms with Crippen molar-refractivity contribution in [1.82, 2.24) is 15.5 Å². The van der Waals surface area contributed by atoms with Crippen LogP contribution in [0, 0.1) is 5.92 Å². The molecule has 0 bridgehead atoms. The van der Waals surface area contributed by atoms with Crippen molar-refractivity contribution >= 4 is 5.96 Å². The molecule has 1 aliphatic heterocycles. The Morgan fingerprint density at radius 1 is 1.25 bits per heavy atom. The lowest BCUT2D eigenvalue weighted by Crippen LogP contribution is -2.43. The quantitative estimate of drug-likeness (QED) is 0.623. The largest absolute Gasteiger partial charge is 0.357 e. The monoisotopic (exact) mass is 328 g/mol. The summed E-state index contributed by atoms with van der Waals surface area (Å²) in [5, 5.41) is 6.98. The highest BCUT2D eigenvalue weighted by Crippen LogP contribution is 2.43. The minimum atomic E-state index is 0.261. The molecule has 1 aliphatic carbocycles. The van der Waals surface area contributed by atoms with Gasteiger partial charge in [-0.05, 0) is 51.3 Å². The number of nitrogens with one attached hydrogen (secondary N) is 2. The molecule has 1 saturated carbocycles. The van der Waals surface area contributed by atoms with E-state index in [2.05, 4.69) is 59.8 Å². The number of hydrogen-bond donors (Lipinski definition) is 2. The Labute approximate surface area is 146 Å². The summed E-state index contributed by atoms with van der Waals surface area (Å²) in [6, 6.07) is 10.9. The summed E-state index contributed by atoms with van der Waals surface area (Å²) in [4.78, 5) is 7.36. The van der Waals surface area contributed by atoms with Crippen LogP contribution in [0.2, 0.25) is 0 Å². The third kappa shape index (κ3) is 4.10. The second kappa shape index (κ2) is 8.02. The Bertz CT molecular complexity index is 536. The SMILES string of the molecule is CCNC(=NCC1(c2ccccc2)CCC1)NCC1CCN(C)C1. The third-order valence-corrected chi connectivity index (χ3v) is 5.63. The van der Waals surface area contributed by atoms with Gasteiger partial charge in [-0.1, -0.05) is 36.8 Å². The highest BCUT2D eigenvalue weighted by molar-refractivity contribution is 5.79. The van der Waals surface area contributed by atoms with Gasteiger partial charge in [0.15, 0.2) is 5.96 Å². The molecule has 3 rings (SSSR count). The topological polar surface area (TPSA) is 39.7 Å². The molecule has 0 aromatic heterocycles. The van der Waals surface area contributed by atoms with E-state index in [0.717, 1.165) is 31.5 Å². The Morgan fingerprint density at radius 2 is 2.04 bits per heavy atom. The van der Waals surface area contributed by atoms with Crippen molar-refractivity contribution in [3.05, 3.63) is 35.9 Å². The summed E-state index contributed by atoms with van der Waals surface area (Å²) in [7, 11) is 2.21. The smallest absolute Gasteiger partial charge is 0.191 e. The van der Waals surface area contributed by atoms with Gasteiger partial charge in [0.1, 0.15) is 0 Å². The summed E-state index contributed by atoms with van der Waals surface area (Å²) in [5.41, 5.74) is 1.71. The minimum absolute atomic E-state index is 0.261. The fourth-order valence-electron chi connectivity index (χ4n) is 3.94. The fourth-order valence-corrected chi connectivity index (χ4v) is 3.94. The lowest BCUT2D eigenvalue weighted by molar-refractivity contribution is 0.253. The highest BCUT2D eigenvalue weighted by atomic mass is 15.2. The van der Waals surface area contributed by atoms with Gasteiger partial charge in [-0.2, -0.15) is 0 Å². The van der Waals surface area contributed by atoms with E-state index in [1.807, 2.05) is 0 Å². The number of nitrogens with zero attached hydrogens (tertiary/aromatic N) is 2. The number of aliphatic imine (C=N–C) groups is 1. The first-order chi connectivity index (χ1) is 11.7. The van der Waals surface area contributed by atoms with Gasteiger partial charge in [-0.3, -0.25) is 4.99 Å². The van der Waals surface area contributed by atoms with Crippen molar-refractivity contribution in [3.8, 4) is 0 Å². The normalized spacial score (nSPS) is 23.8. The van der Waals surface area contributed by atoms with Crippen LogP contribution in [-0.2, 0) is 5.41 Å². The summed E-state index contributed by atoms with van der Waals surface area (Å²) < 4.78 is 0. The Kier molecular flexibility index (Phi) is 5.77. The van der Waals surface area contributed by atoms with E-state index in [-0.39, 0.29) is 5.41 Å². The lowest BCUT2D eigenvalue weighted by atomic mass is 9.64. The molecule has 1 aromatic carbocycles. The lowest BCUT2D eigenvalue weighted by Gasteiger charge is -2.41. The fraction of sp³-hybridized carbons (Fsp3) is 0.650. The van der Waals surface area contributed by atoms with Gasteiger partial charge in [-0.25, -0.2) is 0 Å². The molecule has 1 unspecified atom stereocenters. The molecular weight excluding hydrogens is 296 g/mol. The Balaban J connectivity index is 1.60. The van der Waals surface area contributed by atoms with E-state index < -0.39 is 0 Å². The van der Waals surface area contributed by atoms with E-state index in [0.29, 0.717) is 0 Å². The molecule has 2 N–H and O–H groups in total. The number of rotatable bonds is 6. The van der Waals surface area contributed by atoms with Gasteiger partial charge in [0.2, 0.25) is 0 Å². The molecule has 1 aromatic rings. The molecule has 1 atom stereocenters. The van der Waals surface area contributed by atoms with Crippen LogP contribution in [0.5, 0.6) is 0 Å². The van der Waals surface area contributed by atoms with Crippen molar-refractivity contribution in [3.63, 3.8) is 0 Å². The van der Waals surface area contributed by atoms with Crippen molar-refractivity contribution < 1.29 is 0 Å². The van der Waals surface area contributed by atoms with E-state index in [4.69, 9.17) is 4.99 Å². The Morgan fingerprint density at radius 3 is 2.62 bits per heavy atom. The zero-order valence-corrected chi connectivity index (χ0v) is 15.2. The van der Waals surface area contributed by atoms with Crippen LogP contribution in [0.4, 0.5) is 0 Å². The number of benzene rings is 1. The molecule has 0 radical (unpaired) electrons. The second-order valence-electron chi connectivity index (χ2n) is 7.49. The molecular formula is C20H32N4. The zero-order chi connectivity index (χ0) is 16.8. The first kappa shape index (κ1) is 17.3. The first-order valence-electron chi connectivity index (χ1n) is 9.48. The molecule has 4 nitrogen and oxygen atoms in total. The molecule has 1 heterocycles. The molecule has 0 spiro atoms. The van der Waals surface area contributed by atoms with E-state index in [9.17, 15) is 0 Å². The summed E-state index contributed by atoms with van der Waals surface area (Å²) in [6.07, 6.45) is 5.13. The van der Waals surface area contributed by atoms with Crippen LogP contribution in [0.1, 0.15) is 38.2 Å². The van der Waals surface area contributed by atoms with Crippen molar-refractivity contribution in [2.75, 3.05) is 39.8 Å². The summed E-state index contributed by atoms with van der Waals surface area (Å²) in [5.74, 6) is 1.72. The summed E-state index contributed by atoms with van der Waals surface area (Å²) >= 11 is 0. The maximum absolute atomic E-state index is 4.94. The van der Waals surface area contributed by atoms with Crippen LogP contribution >= 0.6 is 0 Å². The average molecular weight is 329 g/mol. The maximum atomic E-state index is 4.94. The standard InChI is InChI=1S/C20H32N4/c1-3-21-19(22-14-17-10-13-24(2)15-17)23-16-20(11-7-12-20)18-8-5-4-6-9-18/h4-6,8-9,17H,3,7,10-16H2,1-2H3,(H2,21,22,23). The van der Waals surface area contributed by atoms with Crippen molar-refractivity contribution in [2.45, 2.75) is 38.0 Å². The predicted molar refractivity (Wildman–Crippen MR) is 102 cm³/mol. The number of likely N-dealkylation sites (tertiary alicyclic amines) is 1. The predicted octanol–water partition coefficient (Wildman–Crippen LogP) is 2.62. The van der Waals surface area contributed by atoms with E-state index >= 15 is 0 Å². The highest BCUT2D eigenvalue weighted by Gasteiger charge is 2.38. The molecule has 24 heavy (non-hydrogen) atoms. The van der Waals surface area contributed by atoms with Gasteiger partial charge in [-0.15, -0.1) is 0 Å².